The SMILES string of the molecule is Cc1ccc(-c2n[nH]c(=S)n2CC(=O)NCc2ccnc(N3CCCC3)c2)cc1. The number of rotatable bonds is 6. The predicted octanol–water partition coefficient (Wildman–Crippen LogP) is 3.23. The highest BCUT2D eigenvalue weighted by Gasteiger charge is 2.15. The number of H-pyrrole nitrogens is 1. The van der Waals surface area contributed by atoms with Crippen molar-refractivity contribution < 1.29 is 4.79 Å². The number of nitrogens with one attached hydrogen (secondary N) is 2. The highest BCUT2D eigenvalue weighted by molar-refractivity contribution is 7.71. The van der Waals surface area contributed by atoms with Crippen molar-refractivity contribution in [1.82, 2.24) is 25.1 Å². The fourth-order valence-corrected chi connectivity index (χ4v) is 3.67. The van der Waals surface area contributed by atoms with Crippen LogP contribution in [0.2, 0.25) is 0 Å². The molecule has 7 nitrogen and oxygen atoms in total. The first-order chi connectivity index (χ1) is 14.1. The van der Waals surface area contributed by atoms with Gasteiger partial charge in [-0.15, -0.1) is 0 Å². The third-order valence-electron chi connectivity index (χ3n) is 5.10. The van der Waals surface area contributed by atoms with Gasteiger partial charge in [0.15, 0.2) is 10.6 Å². The maximum Gasteiger partial charge on any atom is 0.240 e. The molecule has 4 rings (SSSR count). The Hall–Kier alpha value is -3.00. The van der Waals surface area contributed by atoms with Gasteiger partial charge in [-0.25, -0.2) is 4.98 Å². The summed E-state index contributed by atoms with van der Waals surface area (Å²) in [4.78, 5) is 19.3. The maximum atomic E-state index is 12.6. The Balaban J connectivity index is 1.42. The molecule has 0 spiro atoms. The lowest BCUT2D eigenvalue weighted by Gasteiger charge is -2.17. The van der Waals surface area contributed by atoms with Crippen molar-refractivity contribution in [3.63, 3.8) is 0 Å². The van der Waals surface area contributed by atoms with Gasteiger partial charge in [0.1, 0.15) is 12.4 Å². The average molecular weight is 409 g/mol. The molecule has 150 valence electrons. The van der Waals surface area contributed by atoms with Crippen LogP contribution in [0.25, 0.3) is 11.4 Å². The zero-order valence-electron chi connectivity index (χ0n) is 16.4. The summed E-state index contributed by atoms with van der Waals surface area (Å²) in [7, 11) is 0. The van der Waals surface area contributed by atoms with Crippen LogP contribution in [0.15, 0.2) is 42.6 Å². The van der Waals surface area contributed by atoms with Crippen molar-refractivity contribution in [3.05, 3.63) is 58.5 Å². The smallest absolute Gasteiger partial charge is 0.240 e. The fraction of sp³-hybridized carbons (Fsp3) is 0.333. The lowest BCUT2D eigenvalue weighted by Crippen LogP contribution is -2.27. The molecule has 3 heterocycles. The van der Waals surface area contributed by atoms with Crippen LogP contribution in [0.1, 0.15) is 24.0 Å². The molecule has 0 radical (unpaired) electrons. The van der Waals surface area contributed by atoms with Crippen molar-refractivity contribution in [2.75, 3.05) is 18.0 Å². The second-order valence-corrected chi connectivity index (χ2v) is 7.68. The van der Waals surface area contributed by atoms with Crippen LogP contribution in [-0.4, -0.2) is 38.7 Å². The van der Waals surface area contributed by atoms with E-state index in [1.54, 1.807) is 10.8 Å². The summed E-state index contributed by atoms with van der Waals surface area (Å²) < 4.78 is 2.15. The summed E-state index contributed by atoms with van der Waals surface area (Å²) >= 11 is 5.32. The number of aryl methyl sites for hydroxylation is 1. The van der Waals surface area contributed by atoms with E-state index in [9.17, 15) is 4.79 Å². The van der Waals surface area contributed by atoms with Gasteiger partial charge in [-0.2, -0.15) is 5.10 Å². The monoisotopic (exact) mass is 408 g/mol. The van der Waals surface area contributed by atoms with Gasteiger partial charge in [0.2, 0.25) is 5.91 Å². The number of benzene rings is 1. The molecule has 8 heteroatoms. The van der Waals surface area contributed by atoms with Gasteiger partial charge in [-0.3, -0.25) is 14.5 Å². The second kappa shape index (κ2) is 8.57. The molecular weight excluding hydrogens is 384 g/mol. The largest absolute Gasteiger partial charge is 0.357 e. The van der Waals surface area contributed by atoms with Crippen LogP contribution < -0.4 is 10.2 Å². The van der Waals surface area contributed by atoms with Gasteiger partial charge in [0, 0.05) is 31.4 Å². The van der Waals surface area contributed by atoms with E-state index in [-0.39, 0.29) is 12.5 Å². The van der Waals surface area contributed by atoms with Crippen LogP contribution >= 0.6 is 12.2 Å². The van der Waals surface area contributed by atoms with Gasteiger partial charge >= 0.3 is 0 Å². The van der Waals surface area contributed by atoms with E-state index < -0.39 is 0 Å². The number of carbonyl (C=O) groups excluding carboxylic acids is 1. The number of pyridine rings is 1. The molecule has 2 aromatic heterocycles. The Bertz CT molecular complexity index is 1050. The molecular formula is C21H24N6OS. The van der Waals surface area contributed by atoms with Crippen LogP contribution in [0.3, 0.4) is 0 Å². The molecule has 0 aliphatic carbocycles. The maximum absolute atomic E-state index is 12.6. The number of hydrogen-bond donors (Lipinski definition) is 2. The van der Waals surface area contributed by atoms with E-state index in [4.69, 9.17) is 12.2 Å². The third kappa shape index (κ3) is 4.54. The van der Waals surface area contributed by atoms with Gasteiger partial charge in [0.05, 0.1) is 0 Å². The van der Waals surface area contributed by atoms with Crippen molar-refractivity contribution in [3.8, 4) is 11.4 Å². The third-order valence-corrected chi connectivity index (χ3v) is 5.41. The molecule has 0 bridgehead atoms. The Labute approximate surface area is 174 Å². The van der Waals surface area contributed by atoms with E-state index in [0.29, 0.717) is 17.1 Å². The van der Waals surface area contributed by atoms with Gasteiger partial charge in [-0.05, 0) is 49.7 Å². The Morgan fingerprint density at radius 1 is 1.21 bits per heavy atom. The normalized spacial score (nSPS) is 13.6. The lowest BCUT2D eigenvalue weighted by atomic mass is 10.1. The first kappa shape index (κ1) is 19.3. The topological polar surface area (TPSA) is 78.8 Å². The predicted molar refractivity (Wildman–Crippen MR) is 115 cm³/mol. The van der Waals surface area contributed by atoms with Crippen LogP contribution in [-0.2, 0) is 17.9 Å². The van der Waals surface area contributed by atoms with Crippen LogP contribution in [0.4, 0.5) is 5.82 Å². The van der Waals surface area contributed by atoms with E-state index in [2.05, 4.69) is 25.4 Å². The number of amides is 1. The van der Waals surface area contributed by atoms with Crippen molar-refractivity contribution in [2.45, 2.75) is 32.9 Å². The zero-order chi connectivity index (χ0) is 20.2. The Morgan fingerprint density at radius 2 is 1.97 bits per heavy atom. The first-order valence-corrected chi connectivity index (χ1v) is 10.2. The molecule has 0 unspecified atom stereocenters. The van der Waals surface area contributed by atoms with E-state index in [1.165, 1.54) is 12.8 Å². The zero-order valence-corrected chi connectivity index (χ0v) is 17.2. The highest BCUT2D eigenvalue weighted by atomic mass is 32.1. The van der Waals surface area contributed by atoms with Gasteiger partial charge < -0.3 is 10.2 Å². The summed E-state index contributed by atoms with van der Waals surface area (Å²) in [5.74, 6) is 1.52. The summed E-state index contributed by atoms with van der Waals surface area (Å²) in [6.45, 7) is 4.69. The molecule has 29 heavy (non-hydrogen) atoms. The summed E-state index contributed by atoms with van der Waals surface area (Å²) in [6.07, 6.45) is 4.21. The minimum Gasteiger partial charge on any atom is -0.357 e. The first-order valence-electron chi connectivity index (χ1n) is 9.79. The minimum atomic E-state index is -0.115. The standard InChI is InChI=1S/C21H24N6OS/c1-15-4-6-17(7-5-15)20-24-25-21(29)27(20)14-19(28)23-13-16-8-9-22-18(12-16)26-10-2-3-11-26/h4-9,12H,2-3,10-11,13-14H2,1H3,(H,23,28)(H,25,29). The minimum absolute atomic E-state index is 0.114. The van der Waals surface area contributed by atoms with Crippen molar-refractivity contribution in [1.29, 1.82) is 0 Å². The van der Waals surface area contributed by atoms with Gasteiger partial charge in [0.25, 0.3) is 0 Å². The molecule has 1 amide bonds. The Morgan fingerprint density at radius 3 is 2.72 bits per heavy atom. The fourth-order valence-electron chi connectivity index (χ4n) is 3.48. The highest BCUT2D eigenvalue weighted by Crippen LogP contribution is 2.19. The van der Waals surface area contributed by atoms with Gasteiger partial charge in [-0.1, -0.05) is 29.8 Å². The van der Waals surface area contributed by atoms with Crippen molar-refractivity contribution >= 4 is 23.9 Å². The number of hydrogen-bond acceptors (Lipinski definition) is 5. The number of aromatic amines is 1. The Kier molecular flexibility index (Phi) is 5.71. The molecule has 1 aliphatic rings. The van der Waals surface area contributed by atoms with E-state index >= 15 is 0 Å². The van der Waals surface area contributed by atoms with Crippen LogP contribution in [0.5, 0.6) is 0 Å². The number of nitrogens with zero attached hydrogens (tertiary/aromatic N) is 4. The second-order valence-electron chi connectivity index (χ2n) is 7.30. The number of anilines is 1. The quantitative estimate of drug-likeness (QED) is 0.612. The lowest BCUT2D eigenvalue weighted by molar-refractivity contribution is -0.121. The molecule has 2 N–H and O–H groups in total. The van der Waals surface area contributed by atoms with Crippen molar-refractivity contribution in [2.24, 2.45) is 0 Å². The number of carbonyl (C=O) groups is 1. The molecule has 1 saturated heterocycles. The summed E-state index contributed by atoms with van der Waals surface area (Å²) in [5, 5.41) is 10.1. The molecule has 0 atom stereocenters. The molecule has 1 aromatic carbocycles. The molecule has 0 saturated carbocycles. The van der Waals surface area contributed by atoms with Crippen LogP contribution in [0, 0.1) is 11.7 Å². The average Bonchev–Trinajstić information content (AvgIpc) is 3.39. The molecule has 1 aliphatic heterocycles. The molecule has 1 fully saturated rings. The van der Waals surface area contributed by atoms with E-state index in [1.807, 2.05) is 43.3 Å². The molecule has 3 aromatic rings. The summed E-state index contributed by atoms with van der Waals surface area (Å²) in [5.41, 5.74) is 3.11. The summed E-state index contributed by atoms with van der Waals surface area (Å²) in [6, 6.07) is 12.0. The van der Waals surface area contributed by atoms with E-state index in [0.717, 1.165) is 35.6 Å². The number of aromatic nitrogens is 4.